The molecule has 6 heteroatoms. The molecule has 0 bridgehead atoms. The number of anilines is 1. The van der Waals surface area contributed by atoms with E-state index in [9.17, 15) is 0 Å². The van der Waals surface area contributed by atoms with E-state index < -0.39 is 0 Å². The second kappa shape index (κ2) is 8.62. The first-order valence-corrected chi connectivity index (χ1v) is 11.0. The summed E-state index contributed by atoms with van der Waals surface area (Å²) in [6.07, 6.45) is 0.827. The normalized spacial score (nSPS) is 16.1. The van der Waals surface area contributed by atoms with Gasteiger partial charge in [0, 0.05) is 6.42 Å². The van der Waals surface area contributed by atoms with Crippen molar-refractivity contribution in [3.63, 3.8) is 0 Å². The second-order valence-electron chi connectivity index (χ2n) is 7.31. The summed E-state index contributed by atoms with van der Waals surface area (Å²) in [5.74, 6) is 0. The Labute approximate surface area is 185 Å². The number of aromatic nitrogens is 1. The molecule has 0 amide bonds. The highest BCUT2D eigenvalue weighted by molar-refractivity contribution is 7.19. The predicted octanol–water partition coefficient (Wildman–Crippen LogP) is 7.22. The van der Waals surface area contributed by atoms with Gasteiger partial charge in [0.05, 0.1) is 23.1 Å². The van der Waals surface area contributed by atoms with Gasteiger partial charge in [-0.05, 0) is 30.2 Å². The molecule has 4 aromatic rings. The van der Waals surface area contributed by atoms with E-state index in [4.69, 9.17) is 10.1 Å². The van der Waals surface area contributed by atoms with Crippen molar-refractivity contribution in [1.29, 1.82) is 0 Å². The van der Waals surface area contributed by atoms with Crippen molar-refractivity contribution < 1.29 is 0 Å². The van der Waals surface area contributed by atoms with Gasteiger partial charge in [-0.1, -0.05) is 90.2 Å². The number of hydrogen-bond donors (Lipinski definition) is 0. The Kier molecular flexibility index (Phi) is 5.37. The molecule has 0 saturated heterocycles. The molecule has 0 saturated carbocycles. The molecule has 1 aliphatic heterocycles. The minimum Gasteiger partial charge on any atom is -0.231 e. The number of rotatable bonds is 5. The Bertz CT molecular complexity index is 1220. The first kappa shape index (κ1) is 19.3. The Morgan fingerprint density at radius 1 is 0.839 bits per heavy atom. The summed E-state index contributed by atoms with van der Waals surface area (Å²) in [5.41, 5.74) is 5.11. The number of hydrazone groups is 1. The fourth-order valence-electron chi connectivity index (χ4n) is 3.59. The van der Waals surface area contributed by atoms with E-state index in [1.165, 1.54) is 16.9 Å². The number of benzene rings is 3. The third-order valence-corrected chi connectivity index (χ3v) is 6.20. The van der Waals surface area contributed by atoms with Crippen molar-refractivity contribution in [1.82, 2.24) is 4.98 Å². The zero-order valence-corrected chi connectivity index (χ0v) is 17.9. The van der Waals surface area contributed by atoms with Gasteiger partial charge >= 0.3 is 0 Å². The van der Waals surface area contributed by atoms with Gasteiger partial charge in [-0.25, -0.2) is 9.99 Å². The lowest BCUT2D eigenvalue weighted by molar-refractivity contribution is 0.705. The van der Waals surface area contributed by atoms with Gasteiger partial charge in [0.2, 0.25) is 5.13 Å². The van der Waals surface area contributed by atoms with E-state index >= 15 is 0 Å². The van der Waals surface area contributed by atoms with Crippen LogP contribution in [0.1, 0.15) is 29.3 Å². The van der Waals surface area contributed by atoms with Crippen LogP contribution in [0.25, 0.3) is 0 Å². The summed E-state index contributed by atoms with van der Waals surface area (Å²) in [5, 5.41) is 17.5. The van der Waals surface area contributed by atoms with Gasteiger partial charge in [-0.3, -0.25) is 0 Å². The van der Waals surface area contributed by atoms with E-state index in [1.54, 1.807) is 0 Å². The lowest BCUT2D eigenvalue weighted by atomic mass is 9.99. The van der Waals surface area contributed by atoms with Crippen LogP contribution in [0.3, 0.4) is 0 Å². The lowest BCUT2D eigenvalue weighted by Gasteiger charge is -2.21. The summed E-state index contributed by atoms with van der Waals surface area (Å²) in [7, 11) is 0. The van der Waals surface area contributed by atoms with Crippen LogP contribution in [-0.4, -0.2) is 10.7 Å². The zero-order chi connectivity index (χ0) is 21.0. The van der Waals surface area contributed by atoms with Crippen molar-refractivity contribution >= 4 is 32.9 Å². The second-order valence-corrected chi connectivity index (χ2v) is 8.27. The number of azo groups is 1. The Balaban J connectivity index is 1.50. The topological polar surface area (TPSA) is 53.2 Å². The number of nitrogens with zero attached hydrogens (tertiary/aromatic N) is 5. The van der Waals surface area contributed by atoms with E-state index in [0.29, 0.717) is 0 Å². The zero-order valence-electron chi connectivity index (χ0n) is 17.1. The fraction of sp³-hybridized carbons (Fsp3) is 0.120. The SMILES string of the molecule is Cc1nc(N2N=C(c3ccccc3)CC2c2ccccc2)sc1N=Nc1ccccc1. The van der Waals surface area contributed by atoms with Gasteiger partial charge < -0.3 is 0 Å². The average molecular weight is 424 g/mol. The minimum atomic E-state index is 0.0980. The molecule has 31 heavy (non-hydrogen) atoms. The third-order valence-electron chi connectivity index (χ3n) is 5.17. The summed E-state index contributed by atoms with van der Waals surface area (Å²) < 4.78 is 0. The Morgan fingerprint density at radius 2 is 1.48 bits per heavy atom. The van der Waals surface area contributed by atoms with E-state index in [0.717, 1.165) is 39.2 Å². The van der Waals surface area contributed by atoms with Crippen LogP contribution < -0.4 is 5.01 Å². The monoisotopic (exact) mass is 423 g/mol. The van der Waals surface area contributed by atoms with Gasteiger partial charge in [0.1, 0.15) is 0 Å². The van der Waals surface area contributed by atoms with Gasteiger partial charge in [-0.2, -0.15) is 5.10 Å². The fourth-order valence-corrected chi connectivity index (χ4v) is 4.48. The van der Waals surface area contributed by atoms with Gasteiger partial charge in [-0.15, -0.1) is 10.2 Å². The average Bonchev–Trinajstić information content (AvgIpc) is 3.43. The van der Waals surface area contributed by atoms with E-state index in [1.807, 2.05) is 66.5 Å². The van der Waals surface area contributed by atoms with Crippen LogP contribution in [0.15, 0.2) is 106 Å². The molecule has 2 heterocycles. The minimum absolute atomic E-state index is 0.0980. The molecule has 0 radical (unpaired) electrons. The summed E-state index contributed by atoms with van der Waals surface area (Å²) >= 11 is 1.52. The molecule has 3 aromatic carbocycles. The first-order chi connectivity index (χ1) is 15.3. The predicted molar refractivity (Wildman–Crippen MR) is 127 cm³/mol. The summed E-state index contributed by atoms with van der Waals surface area (Å²) in [6.45, 7) is 1.97. The Hall–Kier alpha value is -3.64. The quantitative estimate of drug-likeness (QED) is 0.318. The van der Waals surface area contributed by atoms with Crippen molar-refractivity contribution in [3.8, 4) is 0 Å². The maximum Gasteiger partial charge on any atom is 0.208 e. The molecule has 0 spiro atoms. The molecular formula is C25H21N5S. The maximum absolute atomic E-state index is 4.98. The van der Waals surface area contributed by atoms with Crippen LogP contribution in [-0.2, 0) is 0 Å². The molecule has 5 rings (SSSR count). The highest BCUT2D eigenvalue weighted by atomic mass is 32.1. The highest BCUT2D eigenvalue weighted by Crippen LogP contribution is 2.42. The number of thiazole rings is 1. The van der Waals surface area contributed by atoms with Crippen molar-refractivity contribution in [2.45, 2.75) is 19.4 Å². The smallest absolute Gasteiger partial charge is 0.208 e. The van der Waals surface area contributed by atoms with Crippen LogP contribution >= 0.6 is 11.3 Å². The van der Waals surface area contributed by atoms with Crippen LogP contribution in [0.2, 0.25) is 0 Å². The largest absolute Gasteiger partial charge is 0.231 e. The van der Waals surface area contributed by atoms with Crippen LogP contribution in [0, 0.1) is 6.92 Å². The van der Waals surface area contributed by atoms with E-state index in [-0.39, 0.29) is 6.04 Å². The molecule has 0 fully saturated rings. The van der Waals surface area contributed by atoms with Gasteiger partial charge in [0.25, 0.3) is 0 Å². The van der Waals surface area contributed by atoms with Crippen molar-refractivity contribution in [3.05, 3.63) is 108 Å². The molecule has 1 aromatic heterocycles. The maximum atomic E-state index is 4.98. The third kappa shape index (κ3) is 4.15. The molecule has 0 N–H and O–H groups in total. The van der Waals surface area contributed by atoms with Crippen molar-refractivity contribution in [2.24, 2.45) is 15.3 Å². The molecule has 1 unspecified atom stereocenters. The summed E-state index contributed by atoms with van der Waals surface area (Å²) in [6, 6.07) is 30.7. The highest BCUT2D eigenvalue weighted by Gasteiger charge is 2.32. The lowest BCUT2D eigenvalue weighted by Crippen LogP contribution is -2.18. The number of aryl methyl sites for hydroxylation is 1. The molecule has 1 atom stereocenters. The molecule has 152 valence electrons. The number of hydrogen-bond acceptors (Lipinski definition) is 6. The standard InChI is InChI=1S/C25H21N5S/c1-18-24(28-27-21-15-9-4-10-16-21)31-25(26-18)30-23(20-13-7-3-8-14-20)17-22(29-30)19-11-5-2-6-12-19/h2-16,23H,17H2,1H3. The van der Waals surface area contributed by atoms with Crippen LogP contribution in [0.5, 0.6) is 0 Å². The van der Waals surface area contributed by atoms with Crippen LogP contribution in [0.4, 0.5) is 15.8 Å². The molecule has 0 aliphatic carbocycles. The van der Waals surface area contributed by atoms with Gasteiger partial charge in [0.15, 0.2) is 5.00 Å². The molecular weight excluding hydrogens is 402 g/mol. The Morgan fingerprint density at radius 3 is 2.19 bits per heavy atom. The first-order valence-electron chi connectivity index (χ1n) is 10.2. The molecule has 1 aliphatic rings. The summed E-state index contributed by atoms with van der Waals surface area (Å²) in [4.78, 5) is 4.79. The molecule has 5 nitrogen and oxygen atoms in total. The van der Waals surface area contributed by atoms with E-state index in [2.05, 4.69) is 46.6 Å². The van der Waals surface area contributed by atoms with Crippen molar-refractivity contribution in [2.75, 3.05) is 5.01 Å².